The van der Waals surface area contributed by atoms with E-state index >= 15 is 0 Å². The molecule has 0 spiro atoms. The predicted molar refractivity (Wildman–Crippen MR) is 92.3 cm³/mol. The Kier molecular flexibility index (Phi) is 3.84. The van der Waals surface area contributed by atoms with E-state index in [1.54, 1.807) is 24.4 Å². The highest BCUT2D eigenvalue weighted by molar-refractivity contribution is 5.95. The van der Waals surface area contributed by atoms with Crippen LogP contribution < -0.4 is 5.32 Å². The van der Waals surface area contributed by atoms with E-state index in [1.807, 2.05) is 25.3 Å². The van der Waals surface area contributed by atoms with Crippen LogP contribution in [0.4, 0.5) is 11.5 Å². The molecule has 1 aromatic heterocycles. The van der Waals surface area contributed by atoms with E-state index in [2.05, 4.69) is 11.4 Å². The Morgan fingerprint density at radius 3 is 2.64 bits per heavy atom. The molecule has 1 aliphatic heterocycles. The molecule has 25 heavy (non-hydrogen) atoms. The Morgan fingerprint density at radius 1 is 1.36 bits per heavy atom. The van der Waals surface area contributed by atoms with E-state index in [4.69, 9.17) is 0 Å². The van der Waals surface area contributed by atoms with E-state index in [-0.39, 0.29) is 23.6 Å². The van der Waals surface area contributed by atoms with Crippen LogP contribution in [0.25, 0.3) is 0 Å². The predicted octanol–water partition coefficient (Wildman–Crippen LogP) is 3.50. The lowest BCUT2D eigenvalue weighted by atomic mass is 9.84. The van der Waals surface area contributed by atoms with Crippen LogP contribution in [0.2, 0.25) is 0 Å². The molecule has 0 radical (unpaired) electrons. The van der Waals surface area contributed by atoms with Crippen molar-refractivity contribution >= 4 is 17.4 Å². The highest BCUT2D eigenvalue weighted by atomic mass is 16.6. The van der Waals surface area contributed by atoms with Crippen molar-refractivity contribution in [2.45, 2.75) is 38.6 Å². The molecule has 1 aromatic carbocycles. The normalized spacial score (nSPS) is 16.7. The van der Waals surface area contributed by atoms with Crippen molar-refractivity contribution in [3.05, 3.63) is 57.3 Å². The minimum Gasteiger partial charge on any atom is -0.328 e. The Labute approximate surface area is 145 Å². The first-order chi connectivity index (χ1) is 11.7. The second-order valence-corrected chi connectivity index (χ2v) is 7.08. The van der Waals surface area contributed by atoms with Crippen molar-refractivity contribution in [3.8, 4) is 6.07 Å². The molecule has 0 unspecified atom stereocenters. The molecule has 0 aliphatic carbocycles. The second kappa shape index (κ2) is 5.74. The first kappa shape index (κ1) is 16.7. The summed E-state index contributed by atoms with van der Waals surface area (Å²) in [5, 5.41) is 23.8. The molecule has 128 valence electrons. The summed E-state index contributed by atoms with van der Waals surface area (Å²) in [6, 6.07) is 8.55. The van der Waals surface area contributed by atoms with Crippen LogP contribution in [0, 0.1) is 21.4 Å². The molecular formula is C18H18N4O3. The molecule has 7 heteroatoms. The Bertz CT molecular complexity index is 915. The SMILES string of the molecule is CC(C)(C)n1cc(C#N)c2c1NC(=O)C[C@@H]2c1ccccc1[N+](=O)[O-]. The van der Waals surface area contributed by atoms with Gasteiger partial charge in [0.25, 0.3) is 5.69 Å². The van der Waals surface area contributed by atoms with Gasteiger partial charge in [0, 0.05) is 41.3 Å². The van der Waals surface area contributed by atoms with Gasteiger partial charge < -0.3 is 9.88 Å². The summed E-state index contributed by atoms with van der Waals surface area (Å²) in [6.07, 6.45) is 1.78. The lowest BCUT2D eigenvalue weighted by molar-refractivity contribution is -0.385. The molecule has 1 atom stereocenters. The number of hydrogen-bond acceptors (Lipinski definition) is 4. The summed E-state index contributed by atoms with van der Waals surface area (Å²) in [7, 11) is 0. The molecule has 0 fully saturated rings. The van der Waals surface area contributed by atoms with Crippen molar-refractivity contribution in [1.82, 2.24) is 4.57 Å². The summed E-state index contributed by atoms with van der Waals surface area (Å²) in [4.78, 5) is 23.3. The molecular weight excluding hydrogens is 320 g/mol. The van der Waals surface area contributed by atoms with Gasteiger partial charge in [0.1, 0.15) is 11.9 Å². The fourth-order valence-electron chi connectivity index (χ4n) is 3.30. The fraction of sp³-hybridized carbons (Fsp3) is 0.333. The van der Waals surface area contributed by atoms with Gasteiger partial charge in [0.15, 0.2) is 0 Å². The van der Waals surface area contributed by atoms with Crippen molar-refractivity contribution in [2.75, 3.05) is 5.32 Å². The van der Waals surface area contributed by atoms with Gasteiger partial charge in [-0.3, -0.25) is 14.9 Å². The smallest absolute Gasteiger partial charge is 0.273 e. The van der Waals surface area contributed by atoms with E-state index < -0.39 is 10.8 Å². The lowest BCUT2D eigenvalue weighted by Gasteiger charge is -2.29. The zero-order chi connectivity index (χ0) is 18.4. The number of rotatable bonds is 2. The minimum absolute atomic E-state index is 0.0412. The lowest BCUT2D eigenvalue weighted by Crippen LogP contribution is -2.29. The molecule has 1 N–H and O–H groups in total. The van der Waals surface area contributed by atoms with Crippen molar-refractivity contribution in [1.29, 1.82) is 5.26 Å². The van der Waals surface area contributed by atoms with Crippen LogP contribution in [-0.2, 0) is 10.3 Å². The molecule has 2 aromatic rings. The monoisotopic (exact) mass is 338 g/mol. The van der Waals surface area contributed by atoms with Crippen molar-refractivity contribution in [2.24, 2.45) is 0 Å². The molecule has 3 rings (SSSR count). The number of amides is 1. The summed E-state index contributed by atoms with van der Waals surface area (Å²) in [5.41, 5.74) is 1.13. The Morgan fingerprint density at radius 2 is 2.04 bits per heavy atom. The zero-order valence-electron chi connectivity index (χ0n) is 14.2. The van der Waals surface area contributed by atoms with Crippen LogP contribution in [-0.4, -0.2) is 15.4 Å². The van der Waals surface area contributed by atoms with Gasteiger partial charge in [-0.15, -0.1) is 0 Å². The highest BCUT2D eigenvalue weighted by Crippen LogP contribution is 2.44. The van der Waals surface area contributed by atoms with Gasteiger partial charge in [-0.1, -0.05) is 18.2 Å². The number of fused-ring (bicyclic) bond motifs is 1. The number of aromatic nitrogens is 1. The van der Waals surface area contributed by atoms with Crippen LogP contribution in [0.5, 0.6) is 0 Å². The highest BCUT2D eigenvalue weighted by Gasteiger charge is 2.37. The van der Waals surface area contributed by atoms with Gasteiger partial charge in [-0.05, 0) is 20.8 Å². The standard InChI is InChI=1S/C18H18N4O3/c1-18(2,3)21-10-11(9-19)16-13(8-15(23)20-17(16)21)12-6-4-5-7-14(12)22(24)25/h4-7,10,13H,8H2,1-3H3,(H,20,23)/t13-/m1/s1. The summed E-state index contributed by atoms with van der Waals surface area (Å²) >= 11 is 0. The molecule has 0 saturated carbocycles. The van der Waals surface area contributed by atoms with Gasteiger partial charge in [0.2, 0.25) is 5.91 Å². The number of nitriles is 1. The zero-order valence-corrected chi connectivity index (χ0v) is 14.2. The third-order valence-corrected chi connectivity index (χ3v) is 4.39. The molecule has 2 heterocycles. The number of para-hydroxylation sites is 1. The second-order valence-electron chi connectivity index (χ2n) is 7.08. The van der Waals surface area contributed by atoms with E-state index in [9.17, 15) is 20.2 Å². The van der Waals surface area contributed by atoms with Gasteiger partial charge >= 0.3 is 0 Å². The maximum absolute atomic E-state index is 12.3. The maximum Gasteiger partial charge on any atom is 0.273 e. The van der Waals surface area contributed by atoms with Crippen LogP contribution in [0.3, 0.4) is 0 Å². The number of nitrogens with zero attached hydrogens (tertiary/aromatic N) is 3. The van der Waals surface area contributed by atoms with Crippen LogP contribution in [0.1, 0.15) is 49.8 Å². The average Bonchev–Trinajstić information content (AvgIpc) is 2.92. The third-order valence-electron chi connectivity index (χ3n) is 4.39. The number of hydrogen-bond donors (Lipinski definition) is 1. The number of anilines is 1. The van der Waals surface area contributed by atoms with Crippen LogP contribution in [0.15, 0.2) is 30.5 Å². The average molecular weight is 338 g/mol. The third kappa shape index (κ3) is 2.76. The number of carbonyl (C=O) groups is 1. The molecule has 0 saturated heterocycles. The summed E-state index contributed by atoms with van der Waals surface area (Å²) < 4.78 is 1.85. The Balaban J connectivity index is 2.28. The quantitative estimate of drug-likeness (QED) is 0.669. The van der Waals surface area contributed by atoms with Gasteiger partial charge in [-0.2, -0.15) is 5.26 Å². The first-order valence-electron chi connectivity index (χ1n) is 7.93. The Hall–Kier alpha value is -3.14. The first-order valence-corrected chi connectivity index (χ1v) is 7.93. The number of nitrogens with one attached hydrogen (secondary N) is 1. The van der Waals surface area contributed by atoms with E-state index in [0.717, 1.165) is 0 Å². The number of benzene rings is 1. The summed E-state index contributed by atoms with van der Waals surface area (Å²) in [6.45, 7) is 5.90. The van der Waals surface area contributed by atoms with Gasteiger partial charge in [0.05, 0.1) is 10.5 Å². The van der Waals surface area contributed by atoms with Gasteiger partial charge in [-0.25, -0.2) is 0 Å². The van der Waals surface area contributed by atoms with Crippen molar-refractivity contribution < 1.29 is 9.72 Å². The number of carbonyl (C=O) groups excluding carboxylic acids is 1. The molecule has 0 bridgehead atoms. The number of nitro groups is 1. The van der Waals surface area contributed by atoms with E-state index in [0.29, 0.717) is 22.5 Å². The van der Waals surface area contributed by atoms with Crippen LogP contribution >= 0.6 is 0 Å². The minimum atomic E-state index is -0.524. The maximum atomic E-state index is 12.3. The molecule has 1 aliphatic rings. The van der Waals surface area contributed by atoms with Crippen molar-refractivity contribution in [3.63, 3.8) is 0 Å². The largest absolute Gasteiger partial charge is 0.328 e. The summed E-state index contributed by atoms with van der Waals surface area (Å²) in [5.74, 6) is -0.198. The fourth-order valence-corrected chi connectivity index (χ4v) is 3.30. The molecule has 1 amide bonds. The molecule has 7 nitrogen and oxygen atoms in total. The topological polar surface area (TPSA) is 101 Å². The van der Waals surface area contributed by atoms with E-state index in [1.165, 1.54) is 6.07 Å². The number of nitro benzene ring substituents is 1.